The largest absolute Gasteiger partial charge is 0.288 e. The fourth-order valence-electron chi connectivity index (χ4n) is 1.30. The topological polar surface area (TPSA) is 51.2 Å². The lowest BCUT2D eigenvalue weighted by Crippen LogP contribution is -1.99. The summed E-state index contributed by atoms with van der Waals surface area (Å²) in [6.45, 7) is 1.50. The van der Waals surface area contributed by atoms with E-state index >= 15 is 0 Å². The number of thioether (sulfide) groups is 1. The molecule has 0 saturated heterocycles. The average Bonchev–Trinajstić information content (AvgIpc) is 2.23. The SMILES string of the molecule is CC(=O)SCC=Cc1ccccc1S(C)(=O)=O. The van der Waals surface area contributed by atoms with Crippen LogP contribution in [0.3, 0.4) is 0 Å². The minimum atomic E-state index is -3.21. The Morgan fingerprint density at radius 3 is 2.59 bits per heavy atom. The van der Waals surface area contributed by atoms with Crippen LogP contribution in [0.2, 0.25) is 0 Å². The number of sulfone groups is 1. The van der Waals surface area contributed by atoms with Crippen LogP contribution < -0.4 is 0 Å². The smallest absolute Gasteiger partial charge is 0.186 e. The summed E-state index contributed by atoms with van der Waals surface area (Å²) in [7, 11) is -3.21. The molecule has 3 nitrogen and oxygen atoms in total. The van der Waals surface area contributed by atoms with Gasteiger partial charge in [-0.25, -0.2) is 8.42 Å². The van der Waals surface area contributed by atoms with E-state index in [0.717, 1.165) is 0 Å². The lowest BCUT2D eigenvalue weighted by atomic mass is 10.2. The maximum atomic E-state index is 11.5. The molecule has 0 fully saturated rings. The number of benzene rings is 1. The molecule has 0 bridgehead atoms. The minimum Gasteiger partial charge on any atom is -0.288 e. The quantitative estimate of drug-likeness (QED) is 0.843. The highest BCUT2D eigenvalue weighted by molar-refractivity contribution is 8.13. The van der Waals surface area contributed by atoms with Gasteiger partial charge in [-0.05, 0) is 11.6 Å². The summed E-state index contributed by atoms with van der Waals surface area (Å²) < 4.78 is 23.0. The maximum Gasteiger partial charge on any atom is 0.186 e. The molecule has 0 amide bonds. The molecule has 0 N–H and O–H groups in total. The average molecular weight is 270 g/mol. The molecule has 0 aliphatic heterocycles. The van der Waals surface area contributed by atoms with Crippen molar-refractivity contribution in [2.45, 2.75) is 11.8 Å². The Kier molecular flexibility index (Phi) is 4.96. The van der Waals surface area contributed by atoms with E-state index in [-0.39, 0.29) is 5.12 Å². The lowest BCUT2D eigenvalue weighted by Gasteiger charge is -2.02. The van der Waals surface area contributed by atoms with Gasteiger partial charge in [0.2, 0.25) is 0 Å². The van der Waals surface area contributed by atoms with Gasteiger partial charge in [-0.2, -0.15) is 0 Å². The first kappa shape index (κ1) is 14.0. The number of hydrogen-bond donors (Lipinski definition) is 0. The van der Waals surface area contributed by atoms with Crippen LogP contribution in [0.4, 0.5) is 0 Å². The lowest BCUT2D eigenvalue weighted by molar-refractivity contribution is -0.109. The molecule has 0 heterocycles. The Labute approximate surface area is 106 Å². The molecule has 0 atom stereocenters. The van der Waals surface area contributed by atoms with Crippen molar-refractivity contribution in [1.82, 2.24) is 0 Å². The van der Waals surface area contributed by atoms with Crippen molar-refractivity contribution in [3.05, 3.63) is 35.9 Å². The van der Waals surface area contributed by atoms with E-state index in [4.69, 9.17) is 0 Å². The van der Waals surface area contributed by atoms with Crippen molar-refractivity contribution in [3.63, 3.8) is 0 Å². The van der Waals surface area contributed by atoms with Crippen molar-refractivity contribution in [2.24, 2.45) is 0 Å². The zero-order valence-corrected chi connectivity index (χ0v) is 11.3. The van der Waals surface area contributed by atoms with Crippen molar-refractivity contribution in [2.75, 3.05) is 12.0 Å². The first-order valence-corrected chi connectivity index (χ1v) is 7.88. The van der Waals surface area contributed by atoms with E-state index in [1.807, 2.05) is 0 Å². The Morgan fingerprint density at radius 2 is 2.00 bits per heavy atom. The van der Waals surface area contributed by atoms with Crippen LogP contribution in [0, 0.1) is 0 Å². The first-order valence-electron chi connectivity index (χ1n) is 5.00. The summed E-state index contributed by atoms with van der Waals surface area (Å²) in [6.07, 6.45) is 4.70. The summed E-state index contributed by atoms with van der Waals surface area (Å²) in [6, 6.07) is 6.79. The van der Waals surface area contributed by atoms with E-state index in [0.29, 0.717) is 16.2 Å². The summed E-state index contributed by atoms with van der Waals surface area (Å²) in [5.74, 6) is 0.549. The zero-order valence-electron chi connectivity index (χ0n) is 9.71. The fourth-order valence-corrected chi connectivity index (χ4v) is 2.61. The van der Waals surface area contributed by atoms with Crippen LogP contribution >= 0.6 is 11.8 Å². The predicted octanol–water partition coefficient (Wildman–Crippen LogP) is 2.38. The Hall–Kier alpha value is -1.07. The fraction of sp³-hybridized carbons (Fsp3) is 0.250. The van der Waals surface area contributed by atoms with Gasteiger partial charge in [0.1, 0.15) is 0 Å². The molecule has 0 spiro atoms. The minimum absolute atomic E-state index is 0.0473. The third-order valence-corrected chi connectivity index (χ3v) is 3.94. The molecule has 0 unspecified atom stereocenters. The second kappa shape index (κ2) is 6.02. The maximum absolute atomic E-state index is 11.5. The predicted molar refractivity (Wildman–Crippen MR) is 71.7 cm³/mol. The molecule has 0 radical (unpaired) electrons. The molecule has 0 saturated carbocycles. The van der Waals surface area contributed by atoms with Gasteiger partial charge >= 0.3 is 0 Å². The van der Waals surface area contributed by atoms with Gasteiger partial charge in [0.05, 0.1) is 4.90 Å². The van der Waals surface area contributed by atoms with Gasteiger partial charge in [0, 0.05) is 18.9 Å². The van der Waals surface area contributed by atoms with Crippen molar-refractivity contribution < 1.29 is 13.2 Å². The summed E-state index contributed by atoms with van der Waals surface area (Å²) in [4.78, 5) is 11.0. The zero-order chi connectivity index (χ0) is 12.9. The highest BCUT2D eigenvalue weighted by atomic mass is 32.2. The number of carbonyl (C=O) groups excluding carboxylic acids is 1. The molecule has 1 aromatic rings. The molecule has 0 aliphatic carbocycles. The van der Waals surface area contributed by atoms with E-state index in [2.05, 4.69) is 0 Å². The summed E-state index contributed by atoms with van der Waals surface area (Å²) >= 11 is 1.19. The molecular formula is C12H14O3S2. The van der Waals surface area contributed by atoms with Crippen LogP contribution in [0.25, 0.3) is 6.08 Å². The molecule has 0 aromatic heterocycles. The van der Waals surface area contributed by atoms with Crippen LogP contribution in [0.15, 0.2) is 35.2 Å². The number of hydrogen-bond acceptors (Lipinski definition) is 4. The third-order valence-electron chi connectivity index (χ3n) is 2.00. The number of carbonyl (C=O) groups is 1. The van der Waals surface area contributed by atoms with Crippen LogP contribution in [0.5, 0.6) is 0 Å². The van der Waals surface area contributed by atoms with Crippen molar-refractivity contribution in [3.8, 4) is 0 Å². The molecule has 5 heteroatoms. The molecule has 0 aliphatic rings. The molecule has 92 valence electrons. The van der Waals surface area contributed by atoms with E-state index in [9.17, 15) is 13.2 Å². The van der Waals surface area contributed by atoms with Gasteiger partial charge < -0.3 is 0 Å². The summed E-state index contributed by atoms with van der Waals surface area (Å²) in [5.41, 5.74) is 0.652. The van der Waals surface area contributed by atoms with Gasteiger partial charge in [-0.3, -0.25) is 4.79 Å². The van der Waals surface area contributed by atoms with Crippen LogP contribution in [0.1, 0.15) is 12.5 Å². The highest BCUT2D eigenvalue weighted by Crippen LogP contribution is 2.17. The number of rotatable bonds is 4. The normalized spacial score (nSPS) is 11.9. The molecule has 17 heavy (non-hydrogen) atoms. The van der Waals surface area contributed by atoms with E-state index in [1.54, 1.807) is 36.4 Å². The van der Waals surface area contributed by atoms with E-state index in [1.165, 1.54) is 24.9 Å². The molecule has 1 aromatic carbocycles. The standard InChI is InChI=1S/C12H14O3S2/c1-10(13)16-9-5-7-11-6-3-4-8-12(11)17(2,14)15/h3-8H,9H2,1-2H3. The van der Waals surface area contributed by atoms with Gasteiger partial charge in [-0.15, -0.1) is 0 Å². The highest BCUT2D eigenvalue weighted by Gasteiger charge is 2.09. The van der Waals surface area contributed by atoms with E-state index < -0.39 is 9.84 Å². The van der Waals surface area contributed by atoms with Crippen LogP contribution in [-0.2, 0) is 14.6 Å². The van der Waals surface area contributed by atoms with Gasteiger partial charge in [0.25, 0.3) is 0 Å². The second-order valence-corrected chi connectivity index (χ2v) is 6.70. The third kappa shape index (κ3) is 4.75. The Balaban J connectivity index is 2.88. The second-order valence-electron chi connectivity index (χ2n) is 3.51. The molecular weight excluding hydrogens is 256 g/mol. The van der Waals surface area contributed by atoms with Gasteiger partial charge in [0.15, 0.2) is 15.0 Å². The van der Waals surface area contributed by atoms with Crippen molar-refractivity contribution in [1.29, 1.82) is 0 Å². The van der Waals surface area contributed by atoms with Gasteiger partial charge in [-0.1, -0.05) is 42.1 Å². The van der Waals surface area contributed by atoms with Crippen LogP contribution in [-0.4, -0.2) is 25.5 Å². The van der Waals surface area contributed by atoms with Crippen molar-refractivity contribution >= 4 is 32.8 Å². The first-order chi connectivity index (χ1) is 7.91. The Morgan fingerprint density at radius 1 is 1.35 bits per heavy atom. The Bertz CT molecular complexity index is 530. The monoisotopic (exact) mass is 270 g/mol. The molecule has 1 rings (SSSR count). The summed E-state index contributed by atoms with van der Waals surface area (Å²) in [5, 5.41) is 0.0473.